The molecule has 0 aliphatic rings. The number of hydrogen-bond acceptors (Lipinski definition) is 6. The van der Waals surface area contributed by atoms with E-state index in [9.17, 15) is 4.79 Å². The lowest BCUT2D eigenvalue weighted by molar-refractivity contribution is 0.102. The molecule has 4 rings (SSSR count). The Morgan fingerprint density at radius 1 is 0.969 bits per heavy atom. The number of ether oxygens (including phenoxy) is 2. The van der Waals surface area contributed by atoms with E-state index in [1.807, 2.05) is 44.2 Å². The minimum atomic E-state index is -0.408. The maximum atomic E-state index is 13.2. The molecule has 0 saturated heterocycles. The van der Waals surface area contributed by atoms with Crippen LogP contribution in [0.1, 0.15) is 21.6 Å². The van der Waals surface area contributed by atoms with Gasteiger partial charge in [0, 0.05) is 41.8 Å². The molecular weight excluding hydrogens is 406 g/mol. The first-order valence-corrected chi connectivity index (χ1v) is 9.98. The summed E-state index contributed by atoms with van der Waals surface area (Å²) in [6.07, 6.45) is 3.36. The fourth-order valence-corrected chi connectivity index (χ4v) is 3.30. The Bertz CT molecular complexity index is 1250. The molecule has 2 aromatic heterocycles. The predicted molar refractivity (Wildman–Crippen MR) is 122 cm³/mol. The van der Waals surface area contributed by atoms with Crippen LogP contribution in [0.4, 0.5) is 5.69 Å². The molecule has 0 aliphatic heterocycles. The minimum absolute atomic E-state index is 0.179. The Morgan fingerprint density at radius 3 is 2.34 bits per heavy atom. The molecule has 0 spiro atoms. The van der Waals surface area contributed by atoms with Crippen molar-refractivity contribution < 1.29 is 14.3 Å². The van der Waals surface area contributed by atoms with Crippen LogP contribution >= 0.6 is 0 Å². The molecule has 0 saturated carbocycles. The van der Waals surface area contributed by atoms with E-state index in [1.165, 1.54) is 5.56 Å². The Balaban J connectivity index is 1.78. The first-order chi connectivity index (χ1) is 15.5. The van der Waals surface area contributed by atoms with Gasteiger partial charge in [-0.1, -0.05) is 11.3 Å². The lowest BCUT2D eigenvalue weighted by atomic mass is 10.1. The maximum absolute atomic E-state index is 13.2. The number of carbonyl (C=O) groups is 1. The molecule has 8 heteroatoms. The highest BCUT2D eigenvalue weighted by atomic mass is 16.5. The average Bonchev–Trinajstić information content (AvgIpc) is 3.26. The largest absolute Gasteiger partial charge is 0.497 e. The lowest BCUT2D eigenvalue weighted by Crippen LogP contribution is -2.14. The number of benzene rings is 2. The van der Waals surface area contributed by atoms with Crippen LogP contribution in [0.3, 0.4) is 0 Å². The summed E-state index contributed by atoms with van der Waals surface area (Å²) in [7, 11) is 3.10. The molecule has 1 amide bonds. The third-order valence-electron chi connectivity index (χ3n) is 5.16. The van der Waals surface area contributed by atoms with Crippen molar-refractivity contribution in [2.24, 2.45) is 0 Å². The van der Waals surface area contributed by atoms with Gasteiger partial charge in [-0.3, -0.25) is 9.78 Å². The molecule has 0 bridgehead atoms. The molecule has 4 aromatic rings. The number of anilines is 1. The summed E-state index contributed by atoms with van der Waals surface area (Å²) in [5.41, 5.74) is 5.06. The first-order valence-electron chi connectivity index (χ1n) is 9.98. The summed E-state index contributed by atoms with van der Waals surface area (Å²) in [5.74, 6) is 0.714. The van der Waals surface area contributed by atoms with Crippen LogP contribution in [-0.2, 0) is 0 Å². The smallest absolute Gasteiger partial charge is 0.278 e. The van der Waals surface area contributed by atoms with Crippen LogP contribution in [0, 0.1) is 13.8 Å². The minimum Gasteiger partial charge on any atom is -0.497 e. The highest BCUT2D eigenvalue weighted by molar-refractivity contribution is 6.07. The summed E-state index contributed by atoms with van der Waals surface area (Å²) in [4.78, 5) is 17.4. The van der Waals surface area contributed by atoms with E-state index in [-0.39, 0.29) is 5.69 Å². The fraction of sp³-hybridized carbons (Fsp3) is 0.167. The molecule has 8 nitrogen and oxygen atoms in total. The van der Waals surface area contributed by atoms with E-state index in [0.717, 1.165) is 16.8 Å². The van der Waals surface area contributed by atoms with Crippen LogP contribution in [0.5, 0.6) is 11.5 Å². The van der Waals surface area contributed by atoms with Gasteiger partial charge in [0.25, 0.3) is 5.91 Å². The number of aromatic nitrogens is 4. The van der Waals surface area contributed by atoms with E-state index in [1.54, 1.807) is 49.5 Å². The number of nitrogens with zero attached hydrogens (tertiary/aromatic N) is 4. The third kappa shape index (κ3) is 4.15. The normalized spacial score (nSPS) is 10.6. The molecule has 0 radical (unpaired) electrons. The van der Waals surface area contributed by atoms with E-state index >= 15 is 0 Å². The average molecular weight is 429 g/mol. The number of carbonyl (C=O) groups excluding carboxylic acids is 1. The Morgan fingerprint density at radius 2 is 1.72 bits per heavy atom. The van der Waals surface area contributed by atoms with Crippen molar-refractivity contribution in [2.45, 2.75) is 13.8 Å². The zero-order valence-corrected chi connectivity index (χ0v) is 18.3. The summed E-state index contributed by atoms with van der Waals surface area (Å²) >= 11 is 0. The monoisotopic (exact) mass is 429 g/mol. The van der Waals surface area contributed by atoms with Gasteiger partial charge in [0.05, 0.1) is 19.9 Å². The van der Waals surface area contributed by atoms with Gasteiger partial charge in [-0.2, -0.15) is 0 Å². The number of methoxy groups -OCH3 is 2. The zero-order valence-electron chi connectivity index (χ0n) is 18.3. The number of amides is 1. The lowest BCUT2D eigenvalue weighted by Gasteiger charge is -2.11. The summed E-state index contributed by atoms with van der Waals surface area (Å²) in [5, 5.41) is 11.4. The maximum Gasteiger partial charge on any atom is 0.278 e. The molecule has 162 valence electrons. The second-order valence-corrected chi connectivity index (χ2v) is 7.26. The topological polar surface area (TPSA) is 91.2 Å². The quantitative estimate of drug-likeness (QED) is 0.494. The zero-order chi connectivity index (χ0) is 22.7. The molecular formula is C24H23N5O3. The van der Waals surface area contributed by atoms with Crippen molar-refractivity contribution in [2.75, 3.05) is 19.5 Å². The third-order valence-corrected chi connectivity index (χ3v) is 5.16. The number of pyridine rings is 1. The van der Waals surface area contributed by atoms with Gasteiger partial charge in [0.2, 0.25) is 0 Å². The van der Waals surface area contributed by atoms with Crippen molar-refractivity contribution in [3.63, 3.8) is 0 Å². The van der Waals surface area contributed by atoms with Crippen molar-refractivity contribution in [1.29, 1.82) is 0 Å². The summed E-state index contributed by atoms with van der Waals surface area (Å²) in [6.45, 7) is 4.08. The number of hydrogen-bond donors (Lipinski definition) is 1. The number of aryl methyl sites for hydroxylation is 2. The first kappa shape index (κ1) is 21.0. The second-order valence-electron chi connectivity index (χ2n) is 7.26. The van der Waals surface area contributed by atoms with E-state index < -0.39 is 5.91 Å². The van der Waals surface area contributed by atoms with Gasteiger partial charge in [-0.25, -0.2) is 4.68 Å². The molecule has 32 heavy (non-hydrogen) atoms. The van der Waals surface area contributed by atoms with Crippen molar-refractivity contribution in [3.05, 3.63) is 77.7 Å². The van der Waals surface area contributed by atoms with Gasteiger partial charge >= 0.3 is 0 Å². The highest BCUT2D eigenvalue weighted by Gasteiger charge is 2.23. The van der Waals surface area contributed by atoms with Gasteiger partial charge in [0.15, 0.2) is 5.69 Å². The molecule has 0 aliphatic carbocycles. The standard InChI is InChI=1S/C24H23N5O3/c1-15-7-8-19(10-16(15)2)29-23(17-6-5-9-25-14-17)22(27-28-29)24(30)26-18-11-20(31-3)13-21(12-18)32-4/h5-14H,1-4H3,(H,26,30). The Hall–Kier alpha value is -4.20. The van der Waals surface area contributed by atoms with Gasteiger partial charge < -0.3 is 14.8 Å². The Kier molecular flexibility index (Phi) is 5.85. The van der Waals surface area contributed by atoms with Gasteiger partial charge in [-0.05, 0) is 49.2 Å². The second kappa shape index (κ2) is 8.89. The number of nitrogens with one attached hydrogen (secondary N) is 1. The summed E-state index contributed by atoms with van der Waals surface area (Å²) in [6, 6.07) is 14.8. The molecule has 1 N–H and O–H groups in total. The summed E-state index contributed by atoms with van der Waals surface area (Å²) < 4.78 is 12.2. The van der Waals surface area contributed by atoms with Crippen LogP contribution in [0.2, 0.25) is 0 Å². The van der Waals surface area contributed by atoms with Gasteiger partial charge in [0.1, 0.15) is 17.2 Å². The number of rotatable bonds is 6. The highest BCUT2D eigenvalue weighted by Crippen LogP contribution is 2.29. The molecule has 0 unspecified atom stereocenters. The van der Waals surface area contributed by atoms with E-state index in [4.69, 9.17) is 9.47 Å². The molecule has 2 aromatic carbocycles. The van der Waals surface area contributed by atoms with E-state index in [2.05, 4.69) is 20.6 Å². The van der Waals surface area contributed by atoms with Crippen LogP contribution < -0.4 is 14.8 Å². The van der Waals surface area contributed by atoms with Crippen molar-refractivity contribution >= 4 is 11.6 Å². The van der Waals surface area contributed by atoms with Crippen LogP contribution in [0.25, 0.3) is 16.9 Å². The SMILES string of the molecule is COc1cc(NC(=O)c2nnn(-c3ccc(C)c(C)c3)c2-c2cccnc2)cc(OC)c1. The van der Waals surface area contributed by atoms with Crippen LogP contribution in [-0.4, -0.2) is 40.1 Å². The van der Waals surface area contributed by atoms with E-state index in [0.29, 0.717) is 22.9 Å². The van der Waals surface area contributed by atoms with Crippen LogP contribution in [0.15, 0.2) is 60.9 Å². The Labute approximate surface area is 185 Å². The van der Waals surface area contributed by atoms with Crippen molar-refractivity contribution in [3.8, 4) is 28.4 Å². The van der Waals surface area contributed by atoms with Gasteiger partial charge in [-0.15, -0.1) is 5.10 Å². The fourth-order valence-electron chi connectivity index (χ4n) is 3.30. The predicted octanol–water partition coefficient (Wildman–Crippen LogP) is 4.22. The molecule has 2 heterocycles. The van der Waals surface area contributed by atoms with Crippen molar-refractivity contribution in [1.82, 2.24) is 20.0 Å². The molecule has 0 fully saturated rings. The molecule has 0 atom stereocenters.